The van der Waals surface area contributed by atoms with E-state index in [1.807, 2.05) is 0 Å². The average Bonchev–Trinajstić information content (AvgIpc) is 2.60. The summed E-state index contributed by atoms with van der Waals surface area (Å²) in [6, 6.07) is 9.93. The quantitative estimate of drug-likeness (QED) is 0.714. The molecular weight excluding hydrogens is 383 g/mol. The summed E-state index contributed by atoms with van der Waals surface area (Å²) >= 11 is 0. The monoisotopic (exact) mass is 401 g/mol. The Morgan fingerprint density at radius 2 is 1.70 bits per heavy atom. The molecule has 146 valence electrons. The van der Waals surface area contributed by atoms with Crippen LogP contribution in [0.1, 0.15) is 34.5 Å². The number of benzene rings is 2. The van der Waals surface area contributed by atoms with Crippen LogP contribution in [0.15, 0.2) is 53.4 Å². The van der Waals surface area contributed by atoms with Crippen LogP contribution < -0.4 is 0 Å². The predicted octanol–water partition coefficient (Wildman–Crippen LogP) is 3.87. The van der Waals surface area contributed by atoms with E-state index in [1.54, 1.807) is 0 Å². The van der Waals surface area contributed by atoms with Crippen molar-refractivity contribution in [1.82, 2.24) is 4.31 Å². The summed E-state index contributed by atoms with van der Waals surface area (Å²) in [6.07, 6.45) is -5.76. The number of hydrogen-bond acceptors (Lipinski definition) is 4. The number of carbonyl (C=O) groups is 1. The molecule has 0 unspecified atom stereocenters. The van der Waals surface area contributed by atoms with Crippen LogP contribution in [0.2, 0.25) is 0 Å². The number of nitrogens with zero attached hydrogens (tertiary/aromatic N) is 1. The van der Waals surface area contributed by atoms with E-state index in [2.05, 4.69) is 0 Å². The molecule has 5 nitrogen and oxygen atoms in total. The summed E-state index contributed by atoms with van der Waals surface area (Å²) in [4.78, 5) is 12.2. The zero-order valence-electron chi connectivity index (χ0n) is 14.8. The third-order valence-electron chi connectivity index (χ3n) is 3.84. The van der Waals surface area contributed by atoms with E-state index in [0.717, 1.165) is 16.4 Å². The summed E-state index contributed by atoms with van der Waals surface area (Å²) in [5, 5.41) is 0. The van der Waals surface area contributed by atoms with Crippen molar-refractivity contribution in [3.05, 3.63) is 65.2 Å². The number of ether oxygens (including phenoxy) is 1. The smallest absolute Gasteiger partial charge is 0.416 e. The van der Waals surface area contributed by atoms with E-state index < -0.39 is 33.8 Å². The maximum Gasteiger partial charge on any atom is 0.416 e. The fourth-order valence-corrected chi connectivity index (χ4v) is 3.34. The van der Waals surface area contributed by atoms with Crippen LogP contribution in [0.3, 0.4) is 0 Å². The van der Waals surface area contributed by atoms with Crippen molar-refractivity contribution < 1.29 is 31.1 Å². The summed E-state index contributed by atoms with van der Waals surface area (Å²) < 4.78 is 69.8. The number of halogens is 3. The summed E-state index contributed by atoms with van der Waals surface area (Å²) in [5.74, 6) is -0.921. The maximum absolute atomic E-state index is 13.1. The number of sulfonamides is 1. The van der Waals surface area contributed by atoms with Gasteiger partial charge in [-0.3, -0.25) is 0 Å². The van der Waals surface area contributed by atoms with E-state index in [1.165, 1.54) is 57.4 Å². The number of rotatable bonds is 5. The fourth-order valence-electron chi connectivity index (χ4n) is 2.40. The third-order valence-corrected chi connectivity index (χ3v) is 5.65. The maximum atomic E-state index is 13.1. The van der Waals surface area contributed by atoms with Gasteiger partial charge in [0.05, 0.1) is 16.0 Å². The fraction of sp³-hybridized carbons (Fsp3) is 0.278. The molecule has 0 saturated carbocycles. The van der Waals surface area contributed by atoms with Crippen molar-refractivity contribution in [1.29, 1.82) is 0 Å². The van der Waals surface area contributed by atoms with Gasteiger partial charge in [-0.2, -0.15) is 13.2 Å². The van der Waals surface area contributed by atoms with Crippen LogP contribution in [0.5, 0.6) is 0 Å². The molecule has 0 bridgehead atoms. The highest BCUT2D eigenvalue weighted by molar-refractivity contribution is 7.89. The second-order valence-corrected chi connectivity index (χ2v) is 8.10. The first-order valence-electron chi connectivity index (χ1n) is 7.84. The first-order valence-corrected chi connectivity index (χ1v) is 9.28. The molecule has 2 aromatic rings. The number of alkyl halides is 3. The molecular formula is C18H18F3NO4S. The van der Waals surface area contributed by atoms with E-state index in [9.17, 15) is 26.4 Å². The lowest BCUT2D eigenvalue weighted by molar-refractivity contribution is -0.139. The van der Waals surface area contributed by atoms with Crippen molar-refractivity contribution in [3.8, 4) is 0 Å². The van der Waals surface area contributed by atoms with Gasteiger partial charge in [-0.25, -0.2) is 17.5 Å². The van der Waals surface area contributed by atoms with Crippen molar-refractivity contribution >= 4 is 16.0 Å². The lowest BCUT2D eigenvalue weighted by atomic mass is 10.0. The number of esters is 1. The minimum Gasteiger partial charge on any atom is -0.454 e. The molecule has 9 heteroatoms. The topological polar surface area (TPSA) is 63.7 Å². The van der Waals surface area contributed by atoms with E-state index >= 15 is 0 Å². The van der Waals surface area contributed by atoms with Gasteiger partial charge in [-0.1, -0.05) is 24.3 Å². The molecule has 1 atom stereocenters. The van der Waals surface area contributed by atoms with Gasteiger partial charge < -0.3 is 4.74 Å². The van der Waals surface area contributed by atoms with Gasteiger partial charge in [0.1, 0.15) is 6.10 Å². The average molecular weight is 401 g/mol. The molecule has 0 aliphatic rings. The lowest BCUT2D eigenvalue weighted by Crippen LogP contribution is -2.22. The molecule has 0 heterocycles. The van der Waals surface area contributed by atoms with Crippen molar-refractivity contribution in [2.75, 3.05) is 14.1 Å². The van der Waals surface area contributed by atoms with Gasteiger partial charge in [-0.05, 0) is 31.2 Å². The van der Waals surface area contributed by atoms with E-state index in [-0.39, 0.29) is 16.0 Å². The van der Waals surface area contributed by atoms with Gasteiger partial charge in [-0.15, -0.1) is 0 Å². The molecule has 0 fully saturated rings. The highest BCUT2D eigenvalue weighted by atomic mass is 32.2. The van der Waals surface area contributed by atoms with Gasteiger partial charge in [0.2, 0.25) is 10.0 Å². The minimum absolute atomic E-state index is 0.0748. The van der Waals surface area contributed by atoms with E-state index in [4.69, 9.17) is 4.74 Å². The van der Waals surface area contributed by atoms with Crippen molar-refractivity contribution in [2.45, 2.75) is 24.1 Å². The SMILES string of the molecule is C[C@H](OC(=O)c1cccc(S(=O)(=O)N(C)C)c1)c1ccccc1C(F)(F)F. The lowest BCUT2D eigenvalue weighted by Gasteiger charge is -2.19. The summed E-state index contributed by atoms with van der Waals surface area (Å²) in [7, 11) is -1.08. The van der Waals surface area contributed by atoms with Crippen LogP contribution in [0.25, 0.3) is 0 Å². The molecule has 0 radical (unpaired) electrons. The Hall–Kier alpha value is -2.39. The van der Waals surface area contributed by atoms with Gasteiger partial charge in [0, 0.05) is 19.7 Å². The highest BCUT2D eigenvalue weighted by Gasteiger charge is 2.35. The largest absolute Gasteiger partial charge is 0.454 e. The Balaban J connectivity index is 2.29. The number of hydrogen-bond donors (Lipinski definition) is 0. The Morgan fingerprint density at radius 1 is 1.07 bits per heavy atom. The zero-order valence-corrected chi connectivity index (χ0v) is 15.6. The standard InChI is InChI=1S/C18H18F3NO4S/c1-12(15-9-4-5-10-16(15)18(19,20)21)26-17(23)13-7-6-8-14(11-13)27(24,25)22(2)3/h4-12H,1-3H3/t12-/m0/s1. The molecule has 2 aromatic carbocycles. The summed E-state index contributed by atoms with van der Waals surface area (Å²) in [6.45, 7) is 1.32. The molecule has 0 spiro atoms. The van der Waals surface area contributed by atoms with Gasteiger partial charge in [0.15, 0.2) is 0 Å². The first-order chi connectivity index (χ1) is 12.4. The van der Waals surface area contributed by atoms with E-state index in [0.29, 0.717) is 0 Å². The molecule has 0 saturated heterocycles. The summed E-state index contributed by atoms with van der Waals surface area (Å²) in [5.41, 5.74) is -1.15. The van der Waals surface area contributed by atoms with Crippen LogP contribution in [-0.4, -0.2) is 32.8 Å². The van der Waals surface area contributed by atoms with Gasteiger partial charge in [0.25, 0.3) is 0 Å². The zero-order chi connectivity index (χ0) is 20.4. The Kier molecular flexibility index (Phi) is 5.96. The molecule has 0 N–H and O–H groups in total. The van der Waals surface area contributed by atoms with Crippen molar-refractivity contribution in [2.24, 2.45) is 0 Å². The Morgan fingerprint density at radius 3 is 2.30 bits per heavy atom. The molecule has 0 aliphatic carbocycles. The minimum atomic E-state index is -4.59. The Bertz CT molecular complexity index is 940. The normalized spacial score (nSPS) is 13.4. The molecule has 2 rings (SSSR count). The van der Waals surface area contributed by atoms with Gasteiger partial charge >= 0.3 is 12.1 Å². The van der Waals surface area contributed by atoms with Crippen LogP contribution in [-0.2, 0) is 20.9 Å². The second kappa shape index (κ2) is 7.69. The highest BCUT2D eigenvalue weighted by Crippen LogP contribution is 2.35. The van der Waals surface area contributed by atoms with Crippen LogP contribution in [0, 0.1) is 0 Å². The number of carbonyl (C=O) groups excluding carboxylic acids is 1. The second-order valence-electron chi connectivity index (χ2n) is 5.95. The third kappa shape index (κ3) is 4.67. The Labute approximate surface area is 155 Å². The molecule has 27 heavy (non-hydrogen) atoms. The predicted molar refractivity (Wildman–Crippen MR) is 92.6 cm³/mol. The van der Waals surface area contributed by atoms with Crippen LogP contribution in [0.4, 0.5) is 13.2 Å². The molecule has 0 amide bonds. The molecule has 0 aromatic heterocycles. The van der Waals surface area contributed by atoms with Crippen LogP contribution >= 0.6 is 0 Å². The molecule has 0 aliphatic heterocycles. The van der Waals surface area contributed by atoms with Crippen molar-refractivity contribution in [3.63, 3.8) is 0 Å². The first kappa shape index (κ1) is 20.9.